The molecule has 13 heteroatoms. The number of anilines is 2. The Morgan fingerprint density at radius 2 is 2.08 bits per heavy atom. The molecule has 0 saturated carbocycles. The van der Waals surface area contributed by atoms with Crippen LogP contribution in [0.15, 0.2) is 30.5 Å². The van der Waals surface area contributed by atoms with Gasteiger partial charge in [0.05, 0.1) is 29.2 Å². The van der Waals surface area contributed by atoms with Gasteiger partial charge in [-0.2, -0.15) is 5.10 Å². The molecule has 0 spiro atoms. The molecular weight excluding hydrogens is 525 g/mol. The summed E-state index contributed by atoms with van der Waals surface area (Å²) in [5.41, 5.74) is 8.77. The Labute approximate surface area is 222 Å². The van der Waals surface area contributed by atoms with Gasteiger partial charge in [-0.1, -0.05) is 18.5 Å². The highest BCUT2D eigenvalue weighted by Gasteiger charge is 2.27. The Hall–Kier alpha value is -2.60. The van der Waals surface area contributed by atoms with E-state index in [9.17, 15) is 13.2 Å². The summed E-state index contributed by atoms with van der Waals surface area (Å²) in [4.78, 5) is 22.0. The smallest absolute Gasteiger partial charge is 0.256 e. The molecule has 0 unspecified atom stereocenters. The first-order valence-corrected chi connectivity index (χ1v) is 13.7. The summed E-state index contributed by atoms with van der Waals surface area (Å²) in [6.07, 6.45) is 4.49. The van der Waals surface area contributed by atoms with Gasteiger partial charge in [0.25, 0.3) is 5.91 Å². The van der Waals surface area contributed by atoms with Crippen LogP contribution >= 0.6 is 24.0 Å². The Morgan fingerprint density at radius 3 is 2.69 bits per heavy atom. The molecule has 4 rings (SSSR count). The van der Waals surface area contributed by atoms with Gasteiger partial charge in [0.2, 0.25) is 10.0 Å². The fraction of sp³-hybridized carbons (Fsp3) is 0.435. The third kappa shape index (κ3) is 5.86. The lowest BCUT2D eigenvalue weighted by atomic mass is 10.1. The Balaban J connectivity index is 0.00000361. The molecule has 2 atom stereocenters. The Kier molecular flexibility index (Phi) is 8.39. The number of aryl methyl sites for hydroxylation is 1. The molecule has 0 aliphatic carbocycles. The zero-order valence-electron chi connectivity index (χ0n) is 20.6. The molecule has 0 bridgehead atoms. The van der Waals surface area contributed by atoms with E-state index in [4.69, 9.17) is 27.4 Å². The molecule has 3 N–H and O–H groups in total. The van der Waals surface area contributed by atoms with Gasteiger partial charge in [-0.3, -0.25) is 9.52 Å². The zero-order chi connectivity index (χ0) is 25.5. The summed E-state index contributed by atoms with van der Waals surface area (Å²) in [6, 6.07) is 6.13. The van der Waals surface area contributed by atoms with Gasteiger partial charge in [-0.05, 0) is 38.0 Å². The van der Waals surface area contributed by atoms with E-state index in [0.29, 0.717) is 22.8 Å². The molecule has 1 amide bonds. The van der Waals surface area contributed by atoms with E-state index in [1.165, 1.54) is 18.2 Å². The molecule has 2 aromatic heterocycles. The summed E-state index contributed by atoms with van der Waals surface area (Å²) in [7, 11) is -1.92. The van der Waals surface area contributed by atoms with Crippen molar-refractivity contribution >= 4 is 57.1 Å². The molecule has 1 saturated heterocycles. The van der Waals surface area contributed by atoms with Gasteiger partial charge in [0, 0.05) is 49.0 Å². The highest BCUT2D eigenvalue weighted by molar-refractivity contribution is 7.92. The van der Waals surface area contributed by atoms with Crippen LogP contribution < -0.4 is 15.4 Å². The molecule has 1 aliphatic heterocycles. The van der Waals surface area contributed by atoms with E-state index < -0.39 is 10.0 Å². The lowest BCUT2D eigenvalue weighted by molar-refractivity contribution is 0.0723. The Bertz CT molecular complexity index is 1380. The van der Waals surface area contributed by atoms with E-state index in [-0.39, 0.29) is 41.6 Å². The number of sulfonamides is 1. The number of halogens is 2. The highest BCUT2D eigenvalue weighted by Crippen LogP contribution is 2.30. The van der Waals surface area contributed by atoms with Crippen LogP contribution in [0.4, 0.5) is 11.5 Å². The molecule has 3 aromatic rings. The van der Waals surface area contributed by atoms with Crippen LogP contribution in [-0.2, 0) is 10.0 Å². The third-order valence-corrected chi connectivity index (χ3v) is 7.00. The van der Waals surface area contributed by atoms with Gasteiger partial charge in [0.15, 0.2) is 5.65 Å². The van der Waals surface area contributed by atoms with Gasteiger partial charge in [0.1, 0.15) is 5.82 Å². The standard InChI is InChI=1S/C23H30ClN7O3S.ClH/c1-5-20(29(3)23(32)17-10-15(24)6-7-18(17)28-35(4,33)34)19-11-21-26-22(14(2)12-31(21)27-19)30-9-8-16(25)13-30;/h6-7,10-12,16,20,28H,5,8-9,13,25H2,1-4H3;1H/t16-,20-;/m0./s1. The van der Waals surface area contributed by atoms with E-state index in [1.54, 1.807) is 16.5 Å². The number of carbonyl (C=O) groups excluding carboxylic acids is 1. The van der Waals surface area contributed by atoms with Gasteiger partial charge in [-0.25, -0.2) is 17.9 Å². The molecule has 196 valence electrons. The maximum Gasteiger partial charge on any atom is 0.256 e. The predicted octanol–water partition coefficient (Wildman–Crippen LogP) is 3.25. The first-order valence-electron chi connectivity index (χ1n) is 11.4. The van der Waals surface area contributed by atoms with E-state index in [2.05, 4.69) is 9.62 Å². The van der Waals surface area contributed by atoms with Crippen LogP contribution in [0.1, 0.15) is 47.4 Å². The maximum absolute atomic E-state index is 13.5. The quantitative estimate of drug-likeness (QED) is 0.458. The molecule has 0 radical (unpaired) electrons. The average molecular weight is 557 g/mol. The number of nitrogens with two attached hydrogens (primary N) is 1. The van der Waals surface area contributed by atoms with Crippen molar-refractivity contribution < 1.29 is 13.2 Å². The van der Waals surface area contributed by atoms with Crippen molar-refractivity contribution in [3.63, 3.8) is 0 Å². The van der Waals surface area contributed by atoms with Gasteiger partial charge in [-0.15, -0.1) is 12.4 Å². The first kappa shape index (κ1) is 28.0. The third-order valence-electron chi connectivity index (χ3n) is 6.17. The SMILES string of the molecule is CC[C@@H](c1cc2nc(N3CC[C@H](N)C3)c(C)cn2n1)N(C)C(=O)c1cc(Cl)ccc1NS(C)(=O)=O.Cl. The molecular formula is C23H31Cl2N7O3S. The fourth-order valence-electron chi connectivity index (χ4n) is 4.48. The molecule has 36 heavy (non-hydrogen) atoms. The largest absolute Gasteiger partial charge is 0.355 e. The number of amides is 1. The Morgan fingerprint density at radius 1 is 1.36 bits per heavy atom. The minimum atomic E-state index is -3.59. The van der Waals surface area contributed by atoms with E-state index >= 15 is 0 Å². The number of carbonyl (C=O) groups is 1. The molecule has 1 aliphatic rings. The summed E-state index contributed by atoms with van der Waals surface area (Å²) in [5, 5.41) is 5.03. The number of hydrogen-bond acceptors (Lipinski definition) is 7. The van der Waals surface area contributed by atoms with Crippen molar-refractivity contribution in [2.75, 3.05) is 36.0 Å². The zero-order valence-corrected chi connectivity index (χ0v) is 23.0. The number of aromatic nitrogens is 3. The first-order chi connectivity index (χ1) is 16.5. The maximum atomic E-state index is 13.5. The van der Waals surface area contributed by atoms with Crippen molar-refractivity contribution in [3.05, 3.63) is 52.3 Å². The molecule has 1 fully saturated rings. The summed E-state index contributed by atoms with van der Waals surface area (Å²) >= 11 is 6.13. The van der Waals surface area contributed by atoms with Crippen LogP contribution in [0.5, 0.6) is 0 Å². The number of fused-ring (bicyclic) bond motifs is 1. The van der Waals surface area contributed by atoms with Crippen LogP contribution in [-0.4, -0.2) is 66.3 Å². The van der Waals surface area contributed by atoms with Crippen molar-refractivity contribution in [3.8, 4) is 0 Å². The minimum Gasteiger partial charge on any atom is -0.355 e. The predicted molar refractivity (Wildman–Crippen MR) is 145 cm³/mol. The summed E-state index contributed by atoms with van der Waals surface area (Å²) in [6.45, 7) is 5.59. The second kappa shape index (κ2) is 10.8. The summed E-state index contributed by atoms with van der Waals surface area (Å²) in [5.74, 6) is 0.517. The average Bonchev–Trinajstić information content (AvgIpc) is 3.39. The lowest BCUT2D eigenvalue weighted by Crippen LogP contribution is -2.32. The van der Waals surface area contributed by atoms with Crippen LogP contribution in [0.25, 0.3) is 5.65 Å². The van der Waals surface area contributed by atoms with Crippen LogP contribution in [0.2, 0.25) is 5.02 Å². The number of hydrogen-bond donors (Lipinski definition) is 2. The number of nitrogens with zero attached hydrogens (tertiary/aromatic N) is 5. The molecule has 10 nitrogen and oxygen atoms in total. The second-order valence-electron chi connectivity index (χ2n) is 9.02. The van der Waals surface area contributed by atoms with Gasteiger partial charge >= 0.3 is 0 Å². The van der Waals surface area contributed by atoms with Crippen molar-refractivity contribution in [2.45, 2.75) is 38.8 Å². The van der Waals surface area contributed by atoms with Crippen LogP contribution in [0, 0.1) is 6.92 Å². The van der Waals surface area contributed by atoms with Crippen molar-refractivity contribution in [1.29, 1.82) is 0 Å². The van der Waals surface area contributed by atoms with E-state index in [0.717, 1.165) is 37.1 Å². The van der Waals surface area contributed by atoms with Crippen molar-refractivity contribution in [2.24, 2.45) is 5.73 Å². The number of nitrogens with one attached hydrogen (secondary N) is 1. The van der Waals surface area contributed by atoms with E-state index in [1.807, 2.05) is 26.1 Å². The van der Waals surface area contributed by atoms with Crippen LogP contribution in [0.3, 0.4) is 0 Å². The monoisotopic (exact) mass is 555 g/mol. The topological polar surface area (TPSA) is 126 Å². The lowest BCUT2D eigenvalue weighted by Gasteiger charge is -2.27. The van der Waals surface area contributed by atoms with Crippen molar-refractivity contribution in [1.82, 2.24) is 19.5 Å². The second-order valence-corrected chi connectivity index (χ2v) is 11.2. The summed E-state index contributed by atoms with van der Waals surface area (Å²) < 4.78 is 27.7. The fourth-order valence-corrected chi connectivity index (χ4v) is 5.23. The normalized spacial score (nSPS) is 16.6. The molecule has 3 heterocycles. The number of rotatable bonds is 7. The minimum absolute atomic E-state index is 0. The van der Waals surface area contributed by atoms with Gasteiger partial charge < -0.3 is 15.5 Å². The molecule has 1 aromatic carbocycles. The highest BCUT2D eigenvalue weighted by atomic mass is 35.5. The number of benzene rings is 1.